The Morgan fingerprint density at radius 2 is 2.06 bits per heavy atom. The largest absolute Gasteiger partial charge is 0.484 e. The number of halogens is 1. The molecule has 0 fully saturated rings. The Balaban J connectivity index is 2.29. The predicted molar refractivity (Wildman–Crippen MR) is 72.6 cm³/mol. The van der Waals surface area contributed by atoms with Crippen LogP contribution in [0.15, 0.2) is 30.3 Å². The van der Waals surface area contributed by atoms with Crippen LogP contribution in [0.2, 0.25) is 0 Å². The van der Waals surface area contributed by atoms with Crippen molar-refractivity contribution in [3.8, 4) is 5.75 Å². The third-order valence-electron chi connectivity index (χ3n) is 2.39. The number of rotatable bonds is 6. The van der Waals surface area contributed by atoms with E-state index in [1.165, 1.54) is 0 Å². The number of ether oxygens (including phenoxy) is 1. The highest BCUT2D eigenvalue weighted by atomic mass is 79.9. The highest BCUT2D eigenvalue weighted by Gasteiger charge is 2.10. The Kier molecular flexibility index (Phi) is 6.05. The van der Waals surface area contributed by atoms with E-state index in [1.54, 1.807) is 11.9 Å². The maximum Gasteiger partial charge on any atom is 0.260 e. The van der Waals surface area contributed by atoms with Crippen LogP contribution in [-0.2, 0) is 4.79 Å². The molecule has 1 aromatic rings. The fourth-order valence-corrected chi connectivity index (χ4v) is 1.47. The molecule has 1 aromatic carbocycles. The lowest BCUT2D eigenvalue weighted by molar-refractivity contribution is -0.132. The zero-order valence-electron chi connectivity index (χ0n) is 10.2. The van der Waals surface area contributed by atoms with Gasteiger partial charge < -0.3 is 9.64 Å². The zero-order valence-corrected chi connectivity index (χ0v) is 11.8. The minimum Gasteiger partial charge on any atom is -0.484 e. The number of hydrogen-bond acceptors (Lipinski definition) is 2. The molecule has 17 heavy (non-hydrogen) atoms. The van der Waals surface area contributed by atoms with Gasteiger partial charge in [0, 0.05) is 18.4 Å². The summed E-state index contributed by atoms with van der Waals surface area (Å²) >= 11 is 3.46. The molecule has 0 bridgehead atoms. The van der Waals surface area contributed by atoms with E-state index < -0.39 is 0 Å². The van der Waals surface area contributed by atoms with E-state index >= 15 is 0 Å². The number of benzene rings is 1. The highest BCUT2D eigenvalue weighted by molar-refractivity contribution is 9.09. The van der Waals surface area contributed by atoms with E-state index in [0.29, 0.717) is 4.83 Å². The van der Waals surface area contributed by atoms with Crippen LogP contribution in [-0.4, -0.2) is 35.8 Å². The Bertz CT molecular complexity index is 341. The molecule has 0 aliphatic carbocycles. The molecule has 0 N–H and O–H groups in total. The molecule has 1 amide bonds. The molecule has 3 nitrogen and oxygen atoms in total. The SMILES string of the molecule is CC(Br)CCN(C)C(=O)COc1ccccc1. The molecule has 0 aromatic heterocycles. The summed E-state index contributed by atoms with van der Waals surface area (Å²) in [5.74, 6) is 0.727. The van der Waals surface area contributed by atoms with Crippen LogP contribution in [0.3, 0.4) is 0 Å². The van der Waals surface area contributed by atoms with Gasteiger partial charge in [-0.25, -0.2) is 0 Å². The van der Waals surface area contributed by atoms with Gasteiger partial charge in [-0.15, -0.1) is 0 Å². The molecular formula is C13H18BrNO2. The van der Waals surface area contributed by atoms with E-state index in [4.69, 9.17) is 4.74 Å². The molecule has 94 valence electrons. The molecule has 0 spiro atoms. The number of carbonyl (C=O) groups excluding carboxylic acids is 1. The first kappa shape index (κ1) is 14.0. The first-order chi connectivity index (χ1) is 8.09. The number of alkyl halides is 1. The molecule has 0 saturated heterocycles. The molecule has 0 saturated carbocycles. The number of amides is 1. The quantitative estimate of drug-likeness (QED) is 0.756. The third-order valence-corrected chi connectivity index (χ3v) is 2.85. The second kappa shape index (κ2) is 7.33. The predicted octanol–water partition coefficient (Wildman–Crippen LogP) is 2.70. The fourth-order valence-electron chi connectivity index (χ4n) is 1.27. The van der Waals surface area contributed by atoms with Gasteiger partial charge in [-0.2, -0.15) is 0 Å². The van der Waals surface area contributed by atoms with Gasteiger partial charge in [0.2, 0.25) is 0 Å². The van der Waals surface area contributed by atoms with Gasteiger partial charge in [-0.3, -0.25) is 4.79 Å². The van der Waals surface area contributed by atoms with Gasteiger partial charge in [0.15, 0.2) is 6.61 Å². The first-order valence-electron chi connectivity index (χ1n) is 5.65. The lowest BCUT2D eigenvalue weighted by Crippen LogP contribution is -2.32. The van der Waals surface area contributed by atoms with Crippen molar-refractivity contribution in [3.63, 3.8) is 0 Å². The van der Waals surface area contributed by atoms with E-state index in [0.717, 1.165) is 18.7 Å². The van der Waals surface area contributed by atoms with Gasteiger partial charge in [-0.1, -0.05) is 41.1 Å². The molecular weight excluding hydrogens is 282 g/mol. The van der Waals surface area contributed by atoms with Crippen molar-refractivity contribution >= 4 is 21.8 Å². The second-order valence-electron chi connectivity index (χ2n) is 3.99. The summed E-state index contributed by atoms with van der Waals surface area (Å²) in [6.07, 6.45) is 0.938. The van der Waals surface area contributed by atoms with E-state index in [2.05, 4.69) is 22.9 Å². The summed E-state index contributed by atoms with van der Waals surface area (Å²) in [6, 6.07) is 9.37. The van der Waals surface area contributed by atoms with E-state index in [1.807, 2.05) is 30.3 Å². The van der Waals surface area contributed by atoms with Gasteiger partial charge in [0.25, 0.3) is 5.91 Å². The average Bonchev–Trinajstić information content (AvgIpc) is 2.34. The van der Waals surface area contributed by atoms with Gasteiger partial charge >= 0.3 is 0 Å². The Labute approximate surface area is 111 Å². The van der Waals surface area contributed by atoms with Crippen LogP contribution < -0.4 is 4.74 Å². The normalized spacial score (nSPS) is 11.9. The van der Waals surface area contributed by atoms with Crippen LogP contribution in [0.5, 0.6) is 5.75 Å². The van der Waals surface area contributed by atoms with Crippen molar-refractivity contribution in [3.05, 3.63) is 30.3 Å². The monoisotopic (exact) mass is 299 g/mol. The molecule has 4 heteroatoms. The molecule has 1 rings (SSSR count). The highest BCUT2D eigenvalue weighted by Crippen LogP contribution is 2.08. The summed E-state index contributed by atoms with van der Waals surface area (Å²) in [5, 5.41) is 0. The number of likely N-dealkylation sites (N-methyl/N-ethyl adjacent to an activating group) is 1. The van der Waals surface area contributed by atoms with Crippen molar-refractivity contribution in [2.24, 2.45) is 0 Å². The van der Waals surface area contributed by atoms with Crippen molar-refractivity contribution in [2.75, 3.05) is 20.2 Å². The third kappa shape index (κ3) is 5.73. The van der Waals surface area contributed by atoms with Crippen LogP contribution >= 0.6 is 15.9 Å². The van der Waals surface area contributed by atoms with Gasteiger partial charge in [0.05, 0.1) is 0 Å². The fraction of sp³-hybridized carbons (Fsp3) is 0.462. The lowest BCUT2D eigenvalue weighted by atomic mass is 10.3. The summed E-state index contributed by atoms with van der Waals surface area (Å²) in [7, 11) is 1.80. The maximum absolute atomic E-state index is 11.7. The maximum atomic E-state index is 11.7. The van der Waals surface area contributed by atoms with E-state index in [9.17, 15) is 4.79 Å². The van der Waals surface area contributed by atoms with Crippen molar-refractivity contribution in [1.82, 2.24) is 4.90 Å². The summed E-state index contributed by atoms with van der Waals surface area (Å²) in [4.78, 5) is 13.8. The first-order valence-corrected chi connectivity index (χ1v) is 6.57. The molecule has 1 atom stereocenters. The molecule has 0 aliphatic heterocycles. The Hall–Kier alpha value is -1.03. The van der Waals surface area contributed by atoms with Crippen LogP contribution in [0.4, 0.5) is 0 Å². The number of hydrogen-bond donors (Lipinski definition) is 0. The number of carbonyl (C=O) groups is 1. The Morgan fingerprint density at radius 1 is 1.41 bits per heavy atom. The van der Waals surface area contributed by atoms with Gasteiger partial charge in [0.1, 0.15) is 5.75 Å². The van der Waals surface area contributed by atoms with Crippen LogP contribution in [0, 0.1) is 0 Å². The zero-order chi connectivity index (χ0) is 12.7. The lowest BCUT2D eigenvalue weighted by Gasteiger charge is -2.18. The summed E-state index contributed by atoms with van der Waals surface area (Å²) in [5.41, 5.74) is 0. The summed E-state index contributed by atoms with van der Waals surface area (Å²) < 4.78 is 5.39. The standard InChI is InChI=1S/C13H18BrNO2/c1-11(14)8-9-15(2)13(16)10-17-12-6-4-3-5-7-12/h3-7,11H,8-10H2,1-2H3. The van der Waals surface area contributed by atoms with Gasteiger partial charge in [-0.05, 0) is 18.6 Å². The molecule has 1 unspecified atom stereocenters. The van der Waals surface area contributed by atoms with Crippen LogP contribution in [0.25, 0.3) is 0 Å². The molecule has 0 heterocycles. The topological polar surface area (TPSA) is 29.5 Å². The average molecular weight is 300 g/mol. The Morgan fingerprint density at radius 3 is 2.65 bits per heavy atom. The van der Waals surface area contributed by atoms with Crippen molar-refractivity contribution in [1.29, 1.82) is 0 Å². The second-order valence-corrected chi connectivity index (χ2v) is 5.55. The molecule has 0 radical (unpaired) electrons. The summed E-state index contributed by atoms with van der Waals surface area (Å²) in [6.45, 7) is 2.90. The van der Waals surface area contributed by atoms with Crippen molar-refractivity contribution < 1.29 is 9.53 Å². The molecule has 0 aliphatic rings. The van der Waals surface area contributed by atoms with E-state index in [-0.39, 0.29) is 12.5 Å². The number of para-hydroxylation sites is 1. The minimum atomic E-state index is 0.00185. The smallest absolute Gasteiger partial charge is 0.260 e. The van der Waals surface area contributed by atoms with Crippen LogP contribution in [0.1, 0.15) is 13.3 Å². The number of nitrogens with zero attached hydrogens (tertiary/aromatic N) is 1. The van der Waals surface area contributed by atoms with Crippen molar-refractivity contribution in [2.45, 2.75) is 18.2 Å². The minimum absolute atomic E-state index is 0.00185.